The van der Waals surface area contributed by atoms with E-state index in [4.69, 9.17) is 4.74 Å². The SMILES string of the molecule is BrNc1cccc2c1OCC2. The van der Waals surface area contributed by atoms with E-state index in [0.29, 0.717) is 0 Å². The zero-order valence-corrected chi connectivity index (χ0v) is 7.52. The van der Waals surface area contributed by atoms with Crippen molar-refractivity contribution in [2.45, 2.75) is 6.42 Å². The molecule has 1 aromatic carbocycles. The standard InChI is InChI=1S/C8H8BrNO/c9-10-7-3-1-2-6-4-5-11-8(6)7/h1-3,10H,4-5H2. The summed E-state index contributed by atoms with van der Waals surface area (Å²) in [4.78, 5) is 0. The Morgan fingerprint density at radius 1 is 1.45 bits per heavy atom. The summed E-state index contributed by atoms with van der Waals surface area (Å²) in [5, 5.41) is 0. The molecule has 0 fully saturated rings. The minimum Gasteiger partial charge on any atom is -0.491 e. The van der Waals surface area contributed by atoms with Gasteiger partial charge in [0.15, 0.2) is 0 Å². The van der Waals surface area contributed by atoms with Crippen molar-refractivity contribution in [2.24, 2.45) is 0 Å². The van der Waals surface area contributed by atoms with Gasteiger partial charge in [0, 0.05) is 22.6 Å². The summed E-state index contributed by atoms with van der Waals surface area (Å²) in [6, 6.07) is 6.10. The van der Waals surface area contributed by atoms with Gasteiger partial charge in [0.25, 0.3) is 0 Å². The third kappa shape index (κ3) is 1.09. The second-order valence-corrected chi connectivity index (χ2v) is 2.88. The summed E-state index contributed by atoms with van der Waals surface area (Å²) >= 11 is 3.18. The molecule has 0 aromatic heterocycles. The van der Waals surface area contributed by atoms with Gasteiger partial charge in [-0.15, -0.1) is 0 Å². The Labute approximate surface area is 73.9 Å². The van der Waals surface area contributed by atoms with Crippen LogP contribution in [0.3, 0.4) is 0 Å². The molecule has 2 rings (SSSR count). The smallest absolute Gasteiger partial charge is 0.146 e. The molecule has 3 heteroatoms. The summed E-state index contributed by atoms with van der Waals surface area (Å²) in [5.41, 5.74) is 2.30. The van der Waals surface area contributed by atoms with Crippen LogP contribution in [0.2, 0.25) is 0 Å². The zero-order valence-electron chi connectivity index (χ0n) is 5.93. The van der Waals surface area contributed by atoms with Gasteiger partial charge in [0.05, 0.1) is 12.3 Å². The normalized spacial score (nSPS) is 13.9. The van der Waals surface area contributed by atoms with E-state index in [-0.39, 0.29) is 0 Å². The maximum Gasteiger partial charge on any atom is 0.146 e. The lowest BCUT2D eigenvalue weighted by Gasteiger charge is -2.04. The number of fused-ring (bicyclic) bond motifs is 1. The minimum absolute atomic E-state index is 0.807. The summed E-state index contributed by atoms with van der Waals surface area (Å²) in [7, 11) is 0. The lowest BCUT2D eigenvalue weighted by molar-refractivity contribution is 0.358. The van der Waals surface area contributed by atoms with Crippen molar-refractivity contribution >= 4 is 21.8 Å². The molecule has 0 spiro atoms. The van der Waals surface area contributed by atoms with Gasteiger partial charge in [0.2, 0.25) is 0 Å². The van der Waals surface area contributed by atoms with E-state index in [2.05, 4.69) is 26.6 Å². The number of anilines is 1. The highest BCUT2D eigenvalue weighted by Gasteiger charge is 2.14. The van der Waals surface area contributed by atoms with Crippen LogP contribution < -0.4 is 9.08 Å². The van der Waals surface area contributed by atoms with Crippen LogP contribution in [0.1, 0.15) is 5.56 Å². The molecule has 0 radical (unpaired) electrons. The maximum atomic E-state index is 5.43. The van der Waals surface area contributed by atoms with E-state index in [0.717, 1.165) is 24.5 Å². The number of hydrogen-bond acceptors (Lipinski definition) is 2. The van der Waals surface area contributed by atoms with Gasteiger partial charge < -0.3 is 9.08 Å². The fraction of sp³-hybridized carbons (Fsp3) is 0.250. The first-order valence-electron chi connectivity index (χ1n) is 3.53. The van der Waals surface area contributed by atoms with E-state index >= 15 is 0 Å². The summed E-state index contributed by atoms with van der Waals surface area (Å²) in [6.45, 7) is 0.807. The number of para-hydroxylation sites is 1. The van der Waals surface area contributed by atoms with E-state index in [1.54, 1.807) is 0 Å². The Morgan fingerprint density at radius 2 is 2.36 bits per heavy atom. The zero-order chi connectivity index (χ0) is 7.68. The molecular formula is C8H8BrNO. The summed E-state index contributed by atoms with van der Waals surface area (Å²) < 4.78 is 8.34. The topological polar surface area (TPSA) is 21.3 Å². The van der Waals surface area contributed by atoms with Crippen LogP contribution >= 0.6 is 16.1 Å². The molecule has 58 valence electrons. The Balaban J connectivity index is 2.50. The molecule has 1 N–H and O–H groups in total. The Morgan fingerprint density at radius 3 is 3.18 bits per heavy atom. The molecule has 1 aromatic rings. The highest BCUT2D eigenvalue weighted by atomic mass is 79.9. The van der Waals surface area contributed by atoms with Gasteiger partial charge in [-0.3, -0.25) is 0 Å². The van der Waals surface area contributed by atoms with Crippen LogP contribution in [0.5, 0.6) is 5.75 Å². The van der Waals surface area contributed by atoms with Crippen LogP contribution in [-0.4, -0.2) is 6.61 Å². The Kier molecular flexibility index (Phi) is 1.74. The third-order valence-electron chi connectivity index (χ3n) is 1.82. The Bertz CT molecular complexity index is 275. The van der Waals surface area contributed by atoms with Crippen molar-refractivity contribution in [3.63, 3.8) is 0 Å². The van der Waals surface area contributed by atoms with Crippen LogP contribution in [0.4, 0.5) is 5.69 Å². The molecule has 0 aliphatic carbocycles. The number of nitrogens with one attached hydrogen (secondary N) is 1. The van der Waals surface area contributed by atoms with Crippen molar-refractivity contribution in [3.8, 4) is 5.75 Å². The fourth-order valence-electron chi connectivity index (χ4n) is 1.29. The minimum atomic E-state index is 0.807. The van der Waals surface area contributed by atoms with Crippen molar-refractivity contribution in [3.05, 3.63) is 23.8 Å². The average Bonchev–Trinajstić information content (AvgIpc) is 2.50. The monoisotopic (exact) mass is 213 g/mol. The number of halogens is 1. The fourth-order valence-corrected chi connectivity index (χ4v) is 1.60. The van der Waals surface area contributed by atoms with Crippen LogP contribution in [0, 0.1) is 0 Å². The lowest BCUT2D eigenvalue weighted by Crippen LogP contribution is -1.88. The van der Waals surface area contributed by atoms with Gasteiger partial charge in [-0.2, -0.15) is 0 Å². The molecule has 1 aliphatic rings. The van der Waals surface area contributed by atoms with Crippen molar-refractivity contribution in [1.29, 1.82) is 0 Å². The second kappa shape index (κ2) is 2.74. The Hall–Kier alpha value is -0.700. The highest BCUT2D eigenvalue weighted by molar-refractivity contribution is 9.10. The van der Waals surface area contributed by atoms with Crippen molar-refractivity contribution < 1.29 is 4.74 Å². The molecule has 0 saturated carbocycles. The third-order valence-corrected chi connectivity index (χ3v) is 2.24. The number of hydrogen-bond donors (Lipinski definition) is 1. The van der Waals surface area contributed by atoms with Crippen LogP contribution in [-0.2, 0) is 6.42 Å². The van der Waals surface area contributed by atoms with Crippen LogP contribution in [0.25, 0.3) is 0 Å². The molecule has 0 unspecified atom stereocenters. The first kappa shape index (κ1) is 6.98. The first-order chi connectivity index (χ1) is 5.42. The van der Waals surface area contributed by atoms with E-state index in [1.165, 1.54) is 5.56 Å². The van der Waals surface area contributed by atoms with Gasteiger partial charge in [0.1, 0.15) is 5.75 Å². The van der Waals surface area contributed by atoms with E-state index in [1.807, 2.05) is 12.1 Å². The average molecular weight is 214 g/mol. The van der Waals surface area contributed by atoms with Gasteiger partial charge >= 0.3 is 0 Å². The highest BCUT2D eigenvalue weighted by Crippen LogP contribution is 2.33. The van der Waals surface area contributed by atoms with E-state index in [9.17, 15) is 0 Å². The largest absolute Gasteiger partial charge is 0.491 e. The molecule has 11 heavy (non-hydrogen) atoms. The predicted molar refractivity (Wildman–Crippen MR) is 48.2 cm³/mol. The molecule has 0 amide bonds. The molecule has 0 saturated heterocycles. The molecular weight excluding hydrogens is 206 g/mol. The lowest BCUT2D eigenvalue weighted by atomic mass is 10.1. The quantitative estimate of drug-likeness (QED) is 0.724. The van der Waals surface area contributed by atoms with Crippen LogP contribution in [0.15, 0.2) is 18.2 Å². The molecule has 0 atom stereocenters. The van der Waals surface area contributed by atoms with Crippen molar-refractivity contribution in [1.82, 2.24) is 0 Å². The summed E-state index contributed by atoms with van der Waals surface area (Å²) in [6.07, 6.45) is 1.03. The molecule has 2 nitrogen and oxygen atoms in total. The maximum absolute atomic E-state index is 5.43. The predicted octanol–water partition coefficient (Wildman–Crippen LogP) is 2.34. The van der Waals surface area contributed by atoms with Gasteiger partial charge in [-0.1, -0.05) is 12.1 Å². The summed E-state index contributed by atoms with van der Waals surface area (Å²) in [5.74, 6) is 0.990. The van der Waals surface area contributed by atoms with Gasteiger partial charge in [-0.25, -0.2) is 0 Å². The molecule has 1 heterocycles. The number of ether oxygens (including phenoxy) is 1. The molecule has 1 aliphatic heterocycles. The second-order valence-electron chi connectivity index (χ2n) is 2.49. The van der Waals surface area contributed by atoms with E-state index < -0.39 is 0 Å². The van der Waals surface area contributed by atoms with Crippen molar-refractivity contribution in [2.75, 3.05) is 10.9 Å². The number of benzene rings is 1. The number of rotatable bonds is 1. The van der Waals surface area contributed by atoms with Gasteiger partial charge in [-0.05, 0) is 11.6 Å². The molecule has 0 bridgehead atoms. The first-order valence-corrected chi connectivity index (χ1v) is 4.32.